The summed E-state index contributed by atoms with van der Waals surface area (Å²) in [6.45, 7) is 3.57. The molecular weight excluding hydrogens is 224 g/mol. The molecule has 2 rings (SSSR count). The van der Waals surface area contributed by atoms with E-state index < -0.39 is 4.92 Å². The number of rotatable bonds is 2. The largest absolute Gasteiger partial charge is 0.368 e. The third-order valence-corrected chi connectivity index (χ3v) is 2.18. The van der Waals surface area contributed by atoms with E-state index in [1.807, 2.05) is 0 Å². The summed E-state index contributed by atoms with van der Waals surface area (Å²) in [4.78, 5) is 17.8. The van der Waals surface area contributed by atoms with Crippen LogP contribution in [0.3, 0.4) is 0 Å². The number of nitrogens with zero attached hydrogens (tertiary/aromatic N) is 5. The van der Waals surface area contributed by atoms with Gasteiger partial charge in [0, 0.05) is 5.69 Å². The van der Waals surface area contributed by atoms with Crippen LogP contribution in [0.1, 0.15) is 11.4 Å². The number of nitrogen functional groups attached to an aromatic ring is 1. The van der Waals surface area contributed by atoms with Gasteiger partial charge in [-0.2, -0.15) is 10.1 Å². The molecule has 8 nitrogen and oxygen atoms in total. The number of hydrogen-bond acceptors (Lipinski definition) is 6. The van der Waals surface area contributed by atoms with Gasteiger partial charge in [0.2, 0.25) is 11.8 Å². The molecule has 17 heavy (non-hydrogen) atoms. The number of aromatic nitrogens is 4. The van der Waals surface area contributed by atoms with Crippen molar-refractivity contribution in [3.05, 3.63) is 33.8 Å². The summed E-state index contributed by atoms with van der Waals surface area (Å²) >= 11 is 0. The number of nitro groups is 1. The third kappa shape index (κ3) is 1.92. The minimum absolute atomic E-state index is 0.0295. The zero-order valence-corrected chi connectivity index (χ0v) is 9.28. The van der Waals surface area contributed by atoms with E-state index in [4.69, 9.17) is 5.73 Å². The molecule has 8 heteroatoms. The van der Waals surface area contributed by atoms with E-state index in [1.165, 1.54) is 4.68 Å². The summed E-state index contributed by atoms with van der Waals surface area (Å²) in [7, 11) is 0. The first-order chi connectivity index (χ1) is 7.99. The molecule has 2 aromatic rings. The van der Waals surface area contributed by atoms with Crippen LogP contribution in [0.15, 0.2) is 12.3 Å². The van der Waals surface area contributed by atoms with Crippen molar-refractivity contribution in [2.24, 2.45) is 0 Å². The van der Waals surface area contributed by atoms with Gasteiger partial charge in [0.1, 0.15) is 6.20 Å². The van der Waals surface area contributed by atoms with E-state index in [9.17, 15) is 10.1 Å². The Labute approximate surface area is 96.3 Å². The molecular formula is C9H10N6O2. The van der Waals surface area contributed by atoms with E-state index in [0.29, 0.717) is 0 Å². The van der Waals surface area contributed by atoms with Crippen LogP contribution in [0.4, 0.5) is 11.6 Å². The van der Waals surface area contributed by atoms with Crippen molar-refractivity contribution in [3.63, 3.8) is 0 Å². The molecule has 0 aliphatic heterocycles. The fourth-order valence-corrected chi connectivity index (χ4v) is 1.51. The molecule has 0 radical (unpaired) electrons. The van der Waals surface area contributed by atoms with Crippen LogP contribution in [-0.2, 0) is 0 Å². The molecule has 0 aliphatic carbocycles. The Bertz CT molecular complexity index is 591. The summed E-state index contributed by atoms with van der Waals surface area (Å²) in [5.74, 6) is 0.0475. The lowest BCUT2D eigenvalue weighted by Gasteiger charge is -2.04. The van der Waals surface area contributed by atoms with E-state index in [-0.39, 0.29) is 17.5 Å². The van der Waals surface area contributed by atoms with Crippen molar-refractivity contribution in [1.29, 1.82) is 0 Å². The van der Waals surface area contributed by atoms with Crippen LogP contribution < -0.4 is 5.73 Å². The van der Waals surface area contributed by atoms with Gasteiger partial charge in [0.25, 0.3) is 0 Å². The van der Waals surface area contributed by atoms with Gasteiger partial charge in [-0.1, -0.05) is 0 Å². The SMILES string of the molecule is Cc1cc(C)n(-c2nc(N)ncc2[N+](=O)[O-])n1. The zero-order valence-electron chi connectivity index (χ0n) is 9.28. The Hall–Kier alpha value is -2.51. The standard InChI is InChI=1S/C9H10N6O2/c1-5-3-6(2)14(13-5)8-7(15(16)17)4-11-9(10)12-8/h3-4H,1-2H3,(H2,10,11,12). The van der Waals surface area contributed by atoms with Gasteiger partial charge < -0.3 is 5.73 Å². The van der Waals surface area contributed by atoms with Crippen LogP contribution in [-0.4, -0.2) is 24.7 Å². The van der Waals surface area contributed by atoms with Gasteiger partial charge in [-0.3, -0.25) is 10.1 Å². The molecule has 0 saturated carbocycles. The summed E-state index contributed by atoms with van der Waals surface area (Å²) in [6.07, 6.45) is 1.08. The smallest absolute Gasteiger partial charge is 0.332 e. The van der Waals surface area contributed by atoms with Gasteiger partial charge in [0.15, 0.2) is 0 Å². The number of anilines is 1. The minimum atomic E-state index is -0.564. The third-order valence-electron chi connectivity index (χ3n) is 2.18. The lowest BCUT2D eigenvalue weighted by Crippen LogP contribution is -2.09. The van der Waals surface area contributed by atoms with Crippen molar-refractivity contribution < 1.29 is 4.92 Å². The van der Waals surface area contributed by atoms with E-state index in [1.54, 1.807) is 19.9 Å². The van der Waals surface area contributed by atoms with Crippen molar-refractivity contribution in [2.45, 2.75) is 13.8 Å². The Morgan fingerprint density at radius 1 is 1.47 bits per heavy atom. The van der Waals surface area contributed by atoms with Crippen LogP contribution in [0.2, 0.25) is 0 Å². The molecule has 0 saturated heterocycles. The highest BCUT2D eigenvalue weighted by atomic mass is 16.6. The molecule has 88 valence electrons. The van der Waals surface area contributed by atoms with Crippen LogP contribution >= 0.6 is 0 Å². The Morgan fingerprint density at radius 3 is 2.71 bits per heavy atom. The summed E-state index contributed by atoms with van der Waals surface area (Å²) < 4.78 is 1.38. The second kappa shape index (κ2) is 3.81. The highest BCUT2D eigenvalue weighted by Gasteiger charge is 2.20. The van der Waals surface area contributed by atoms with Gasteiger partial charge >= 0.3 is 5.69 Å². The molecule has 2 N–H and O–H groups in total. The fourth-order valence-electron chi connectivity index (χ4n) is 1.51. The Kier molecular flexibility index (Phi) is 2.47. The lowest BCUT2D eigenvalue weighted by atomic mass is 10.4. The summed E-state index contributed by atoms with van der Waals surface area (Å²) in [5.41, 5.74) is 6.69. The minimum Gasteiger partial charge on any atom is -0.368 e. The van der Waals surface area contributed by atoms with Crippen molar-refractivity contribution in [2.75, 3.05) is 5.73 Å². The molecule has 0 atom stereocenters. The van der Waals surface area contributed by atoms with Gasteiger partial charge in [-0.25, -0.2) is 9.67 Å². The maximum absolute atomic E-state index is 10.9. The monoisotopic (exact) mass is 234 g/mol. The predicted molar refractivity (Wildman–Crippen MR) is 59.7 cm³/mol. The first-order valence-electron chi connectivity index (χ1n) is 4.79. The van der Waals surface area contributed by atoms with Crippen molar-refractivity contribution in [1.82, 2.24) is 19.7 Å². The molecule has 0 aliphatic rings. The number of hydrogen-bond donors (Lipinski definition) is 1. The number of aryl methyl sites for hydroxylation is 2. The lowest BCUT2D eigenvalue weighted by molar-refractivity contribution is -0.385. The van der Waals surface area contributed by atoms with E-state index in [2.05, 4.69) is 15.1 Å². The Morgan fingerprint density at radius 2 is 2.18 bits per heavy atom. The summed E-state index contributed by atoms with van der Waals surface area (Å²) in [5, 5.41) is 15.0. The first kappa shape index (κ1) is 11.0. The number of nitrogens with two attached hydrogens (primary N) is 1. The van der Waals surface area contributed by atoms with Gasteiger partial charge in [-0.15, -0.1) is 0 Å². The molecule has 2 aromatic heterocycles. The van der Waals surface area contributed by atoms with Crippen LogP contribution in [0.5, 0.6) is 0 Å². The quantitative estimate of drug-likeness (QED) is 0.606. The highest BCUT2D eigenvalue weighted by Crippen LogP contribution is 2.21. The maximum Gasteiger partial charge on any atom is 0.332 e. The summed E-state index contributed by atoms with van der Waals surface area (Å²) in [6, 6.07) is 1.79. The maximum atomic E-state index is 10.9. The first-order valence-corrected chi connectivity index (χ1v) is 4.79. The fraction of sp³-hybridized carbons (Fsp3) is 0.222. The zero-order chi connectivity index (χ0) is 12.6. The van der Waals surface area contributed by atoms with Crippen LogP contribution in [0.25, 0.3) is 5.82 Å². The highest BCUT2D eigenvalue weighted by molar-refractivity contribution is 5.48. The second-order valence-corrected chi connectivity index (χ2v) is 3.53. The second-order valence-electron chi connectivity index (χ2n) is 3.53. The molecule has 0 aromatic carbocycles. The average molecular weight is 234 g/mol. The Balaban J connectivity index is 2.69. The topological polar surface area (TPSA) is 113 Å². The molecule has 0 bridgehead atoms. The van der Waals surface area contributed by atoms with Gasteiger partial charge in [0.05, 0.1) is 10.6 Å². The van der Waals surface area contributed by atoms with Gasteiger partial charge in [-0.05, 0) is 19.9 Å². The molecule has 0 amide bonds. The molecule has 0 fully saturated rings. The molecule has 0 unspecified atom stereocenters. The normalized spacial score (nSPS) is 10.5. The van der Waals surface area contributed by atoms with Crippen molar-refractivity contribution >= 4 is 11.6 Å². The molecule has 0 spiro atoms. The van der Waals surface area contributed by atoms with Crippen LogP contribution in [0, 0.1) is 24.0 Å². The molecule has 2 heterocycles. The van der Waals surface area contributed by atoms with E-state index >= 15 is 0 Å². The van der Waals surface area contributed by atoms with E-state index in [0.717, 1.165) is 17.6 Å². The average Bonchev–Trinajstić information content (AvgIpc) is 2.57. The predicted octanol–water partition coefficient (Wildman–Crippen LogP) is 0.770. The van der Waals surface area contributed by atoms with Crippen molar-refractivity contribution in [3.8, 4) is 5.82 Å².